The summed E-state index contributed by atoms with van der Waals surface area (Å²) in [4.78, 5) is 2.68. The zero-order chi connectivity index (χ0) is 11.7. The Bertz CT molecular complexity index is 463. The predicted molar refractivity (Wildman–Crippen MR) is 73.9 cm³/mol. The molecule has 0 amide bonds. The summed E-state index contributed by atoms with van der Waals surface area (Å²) >= 11 is 3.55. The predicted octanol–water partition coefficient (Wildman–Crippen LogP) is 3.96. The number of aliphatic hydroxyl groups is 1. The van der Waals surface area contributed by atoms with Gasteiger partial charge in [-0.2, -0.15) is 11.3 Å². The van der Waals surface area contributed by atoms with Crippen LogP contribution in [-0.4, -0.2) is 5.11 Å². The first-order valence-corrected chi connectivity index (χ1v) is 7.89. The molecule has 0 bridgehead atoms. The Balaban J connectivity index is 1.63. The van der Waals surface area contributed by atoms with Crippen molar-refractivity contribution in [3.63, 3.8) is 0 Å². The van der Waals surface area contributed by atoms with Gasteiger partial charge in [0.05, 0.1) is 6.10 Å². The van der Waals surface area contributed by atoms with E-state index in [4.69, 9.17) is 0 Å². The summed E-state index contributed by atoms with van der Waals surface area (Å²) in [6, 6.07) is 4.37. The van der Waals surface area contributed by atoms with E-state index in [1.807, 2.05) is 11.3 Å². The van der Waals surface area contributed by atoms with Gasteiger partial charge in [0.2, 0.25) is 0 Å². The van der Waals surface area contributed by atoms with Crippen LogP contribution < -0.4 is 0 Å². The molecule has 2 heterocycles. The quantitative estimate of drug-likeness (QED) is 0.886. The number of aliphatic hydroxyl groups excluding tert-OH is 1. The van der Waals surface area contributed by atoms with Gasteiger partial charge in [-0.3, -0.25) is 0 Å². The van der Waals surface area contributed by atoms with Crippen molar-refractivity contribution in [3.8, 4) is 0 Å². The molecule has 0 saturated carbocycles. The first kappa shape index (κ1) is 11.5. The molecule has 1 aliphatic carbocycles. The molecule has 0 fully saturated rings. The zero-order valence-corrected chi connectivity index (χ0v) is 11.3. The molecule has 1 atom stereocenters. The Hall–Kier alpha value is -0.640. The maximum atomic E-state index is 10.2. The molecule has 1 nitrogen and oxygen atoms in total. The average Bonchev–Trinajstić information content (AvgIpc) is 3.01. The van der Waals surface area contributed by atoms with Gasteiger partial charge < -0.3 is 5.11 Å². The summed E-state index contributed by atoms with van der Waals surface area (Å²) in [6.45, 7) is 0. The van der Waals surface area contributed by atoms with Crippen LogP contribution >= 0.6 is 22.7 Å². The minimum atomic E-state index is -0.273. The number of hydrogen-bond donors (Lipinski definition) is 1. The van der Waals surface area contributed by atoms with Gasteiger partial charge in [-0.25, -0.2) is 0 Å². The summed E-state index contributed by atoms with van der Waals surface area (Å²) in [5.41, 5.74) is 2.83. The summed E-state index contributed by atoms with van der Waals surface area (Å²) < 4.78 is 0. The zero-order valence-electron chi connectivity index (χ0n) is 9.69. The van der Waals surface area contributed by atoms with Gasteiger partial charge in [0.25, 0.3) is 0 Å². The Labute approximate surface area is 110 Å². The van der Waals surface area contributed by atoms with E-state index < -0.39 is 0 Å². The van der Waals surface area contributed by atoms with E-state index in [0.717, 1.165) is 12.8 Å². The standard InChI is InChI=1S/C14H16OS2/c15-12(5-4-10-6-7-16-9-10)14-8-11-2-1-3-13(11)17-14/h6-9,12,15H,1-5H2. The molecule has 0 aromatic carbocycles. The molecule has 3 rings (SSSR count). The lowest BCUT2D eigenvalue weighted by Crippen LogP contribution is -1.96. The highest BCUT2D eigenvalue weighted by Gasteiger charge is 2.18. The molecule has 0 aliphatic heterocycles. The lowest BCUT2D eigenvalue weighted by molar-refractivity contribution is 0.171. The Morgan fingerprint density at radius 2 is 2.29 bits per heavy atom. The van der Waals surface area contributed by atoms with Crippen molar-refractivity contribution >= 4 is 22.7 Å². The van der Waals surface area contributed by atoms with E-state index in [1.165, 1.54) is 40.1 Å². The molecule has 0 radical (unpaired) electrons. The largest absolute Gasteiger partial charge is 0.388 e. The molecular weight excluding hydrogens is 248 g/mol. The Kier molecular flexibility index (Phi) is 3.32. The summed E-state index contributed by atoms with van der Waals surface area (Å²) in [5, 5.41) is 14.5. The van der Waals surface area contributed by atoms with Gasteiger partial charge in [-0.1, -0.05) is 0 Å². The van der Waals surface area contributed by atoms with Gasteiger partial charge >= 0.3 is 0 Å². The molecule has 0 spiro atoms. The molecule has 2 aromatic rings. The third kappa shape index (κ3) is 2.46. The third-order valence-electron chi connectivity index (χ3n) is 3.38. The van der Waals surface area contributed by atoms with Crippen LogP contribution in [0.4, 0.5) is 0 Å². The maximum Gasteiger partial charge on any atom is 0.0885 e. The van der Waals surface area contributed by atoms with E-state index >= 15 is 0 Å². The first-order valence-electron chi connectivity index (χ1n) is 6.13. The smallest absolute Gasteiger partial charge is 0.0885 e. The molecule has 1 unspecified atom stereocenters. The average molecular weight is 264 g/mol. The van der Waals surface area contributed by atoms with Gasteiger partial charge in [0.1, 0.15) is 0 Å². The van der Waals surface area contributed by atoms with Gasteiger partial charge in [0, 0.05) is 9.75 Å². The fourth-order valence-electron chi connectivity index (χ4n) is 2.40. The highest BCUT2D eigenvalue weighted by Crippen LogP contribution is 2.35. The second-order valence-corrected chi connectivity index (χ2v) is 6.59. The van der Waals surface area contributed by atoms with Crippen LogP contribution in [0.2, 0.25) is 0 Å². The van der Waals surface area contributed by atoms with E-state index in [-0.39, 0.29) is 6.10 Å². The highest BCUT2D eigenvalue weighted by atomic mass is 32.1. The van der Waals surface area contributed by atoms with Crippen molar-refractivity contribution in [2.24, 2.45) is 0 Å². The van der Waals surface area contributed by atoms with Crippen LogP contribution in [-0.2, 0) is 19.3 Å². The lowest BCUT2D eigenvalue weighted by atomic mass is 10.1. The van der Waals surface area contributed by atoms with E-state index in [0.29, 0.717) is 0 Å². The van der Waals surface area contributed by atoms with Crippen LogP contribution in [0.3, 0.4) is 0 Å². The van der Waals surface area contributed by atoms with Gasteiger partial charge in [-0.05, 0) is 66.1 Å². The maximum absolute atomic E-state index is 10.2. The Morgan fingerprint density at radius 1 is 1.35 bits per heavy atom. The molecular formula is C14H16OS2. The number of fused-ring (bicyclic) bond motifs is 1. The van der Waals surface area contributed by atoms with Crippen molar-refractivity contribution in [1.82, 2.24) is 0 Å². The second-order valence-electron chi connectivity index (χ2n) is 4.64. The molecule has 1 N–H and O–H groups in total. The minimum absolute atomic E-state index is 0.273. The van der Waals surface area contributed by atoms with Crippen LogP contribution in [0.15, 0.2) is 22.9 Å². The molecule has 3 heteroatoms. The lowest BCUT2D eigenvalue weighted by Gasteiger charge is -2.07. The highest BCUT2D eigenvalue weighted by molar-refractivity contribution is 7.12. The van der Waals surface area contributed by atoms with Crippen molar-refractivity contribution in [2.75, 3.05) is 0 Å². The van der Waals surface area contributed by atoms with E-state index in [9.17, 15) is 5.11 Å². The van der Waals surface area contributed by atoms with Crippen molar-refractivity contribution < 1.29 is 5.11 Å². The monoisotopic (exact) mass is 264 g/mol. The summed E-state index contributed by atoms with van der Waals surface area (Å²) in [6.07, 6.45) is 5.28. The van der Waals surface area contributed by atoms with Crippen LogP contribution in [0.25, 0.3) is 0 Å². The summed E-state index contributed by atoms with van der Waals surface area (Å²) in [5.74, 6) is 0. The van der Waals surface area contributed by atoms with Crippen molar-refractivity contribution in [3.05, 3.63) is 43.8 Å². The molecule has 1 aliphatic rings. The summed E-state index contributed by atoms with van der Waals surface area (Å²) in [7, 11) is 0. The molecule has 2 aromatic heterocycles. The first-order chi connectivity index (χ1) is 8.33. The number of hydrogen-bond acceptors (Lipinski definition) is 3. The topological polar surface area (TPSA) is 20.2 Å². The Morgan fingerprint density at radius 3 is 3.06 bits per heavy atom. The van der Waals surface area contributed by atoms with Crippen LogP contribution in [0.5, 0.6) is 0 Å². The fourth-order valence-corrected chi connectivity index (χ4v) is 4.38. The normalized spacial score (nSPS) is 16.1. The van der Waals surface area contributed by atoms with E-state index in [1.54, 1.807) is 11.3 Å². The molecule has 17 heavy (non-hydrogen) atoms. The fraction of sp³-hybridized carbons (Fsp3) is 0.429. The van der Waals surface area contributed by atoms with Crippen LogP contribution in [0, 0.1) is 0 Å². The number of thiophene rings is 2. The van der Waals surface area contributed by atoms with Crippen molar-refractivity contribution in [1.29, 1.82) is 0 Å². The molecule has 90 valence electrons. The number of rotatable bonds is 4. The van der Waals surface area contributed by atoms with Gasteiger partial charge in [-0.15, -0.1) is 11.3 Å². The SMILES string of the molecule is OC(CCc1ccsc1)c1cc2c(s1)CCC2. The molecule has 0 saturated heterocycles. The van der Waals surface area contributed by atoms with Gasteiger partial charge in [0.15, 0.2) is 0 Å². The minimum Gasteiger partial charge on any atom is -0.388 e. The van der Waals surface area contributed by atoms with Crippen molar-refractivity contribution in [2.45, 2.75) is 38.2 Å². The number of aryl methyl sites for hydroxylation is 3. The third-order valence-corrected chi connectivity index (χ3v) is 5.45. The second kappa shape index (κ2) is 4.92. The van der Waals surface area contributed by atoms with E-state index in [2.05, 4.69) is 22.9 Å². The van der Waals surface area contributed by atoms with Crippen LogP contribution in [0.1, 0.15) is 39.8 Å².